The lowest BCUT2D eigenvalue weighted by Gasteiger charge is -2.08. The van der Waals surface area contributed by atoms with Crippen molar-refractivity contribution in [1.82, 2.24) is 10.2 Å². The number of rotatable bonds is 3. The van der Waals surface area contributed by atoms with Crippen LogP contribution in [0.3, 0.4) is 0 Å². The molecule has 0 spiro atoms. The molecule has 2 N–H and O–H groups in total. The fourth-order valence-corrected chi connectivity index (χ4v) is 2.18. The van der Waals surface area contributed by atoms with Crippen LogP contribution in [0.25, 0.3) is 10.8 Å². The van der Waals surface area contributed by atoms with E-state index in [0.717, 1.165) is 0 Å². The van der Waals surface area contributed by atoms with E-state index in [1.54, 1.807) is 55.6 Å². The van der Waals surface area contributed by atoms with Gasteiger partial charge in [-0.1, -0.05) is 24.3 Å². The van der Waals surface area contributed by atoms with Crippen LogP contribution >= 0.6 is 0 Å². The molecule has 0 saturated carbocycles. The van der Waals surface area contributed by atoms with Crippen molar-refractivity contribution in [3.8, 4) is 5.75 Å². The van der Waals surface area contributed by atoms with Crippen LogP contribution in [0.1, 0.15) is 10.5 Å². The molecule has 22 heavy (non-hydrogen) atoms. The van der Waals surface area contributed by atoms with Crippen molar-refractivity contribution in [1.29, 1.82) is 0 Å². The summed E-state index contributed by atoms with van der Waals surface area (Å²) < 4.78 is 5.11. The lowest BCUT2D eigenvalue weighted by atomic mass is 10.1. The highest BCUT2D eigenvalue weighted by Crippen LogP contribution is 2.18. The zero-order valence-electron chi connectivity index (χ0n) is 11.8. The van der Waals surface area contributed by atoms with Crippen molar-refractivity contribution in [2.45, 2.75) is 0 Å². The van der Waals surface area contributed by atoms with Crippen LogP contribution in [0.5, 0.6) is 5.75 Å². The van der Waals surface area contributed by atoms with Crippen LogP contribution in [0.4, 0.5) is 5.69 Å². The van der Waals surface area contributed by atoms with E-state index in [9.17, 15) is 9.59 Å². The van der Waals surface area contributed by atoms with E-state index in [0.29, 0.717) is 22.2 Å². The number of aromatic amines is 1. The number of methoxy groups -OCH3 is 1. The predicted octanol–water partition coefficient (Wildman–Crippen LogP) is 2.18. The molecule has 6 nitrogen and oxygen atoms in total. The highest BCUT2D eigenvalue weighted by molar-refractivity contribution is 6.11. The molecule has 2 aromatic carbocycles. The van der Waals surface area contributed by atoms with E-state index < -0.39 is 5.91 Å². The second-order valence-corrected chi connectivity index (χ2v) is 4.63. The van der Waals surface area contributed by atoms with Gasteiger partial charge in [0.2, 0.25) is 0 Å². The molecule has 0 unspecified atom stereocenters. The molecule has 0 aliphatic rings. The molecule has 3 rings (SSSR count). The molecule has 110 valence electrons. The van der Waals surface area contributed by atoms with Gasteiger partial charge in [0, 0.05) is 17.1 Å². The fourth-order valence-electron chi connectivity index (χ4n) is 2.18. The van der Waals surface area contributed by atoms with Gasteiger partial charge in [0.05, 0.1) is 12.5 Å². The van der Waals surface area contributed by atoms with E-state index in [1.165, 1.54) is 0 Å². The number of nitrogens with one attached hydrogen (secondary N) is 2. The van der Waals surface area contributed by atoms with E-state index in [1.807, 2.05) is 0 Å². The zero-order chi connectivity index (χ0) is 15.5. The Bertz CT molecular complexity index is 902. The van der Waals surface area contributed by atoms with Crippen LogP contribution in [-0.2, 0) is 0 Å². The summed E-state index contributed by atoms with van der Waals surface area (Å²) in [4.78, 5) is 24.1. The van der Waals surface area contributed by atoms with Crippen molar-refractivity contribution in [3.05, 3.63) is 64.6 Å². The molecule has 0 atom stereocenters. The van der Waals surface area contributed by atoms with Crippen molar-refractivity contribution in [2.24, 2.45) is 0 Å². The Morgan fingerprint density at radius 1 is 1.14 bits per heavy atom. The lowest BCUT2D eigenvalue weighted by molar-refractivity contribution is 0.102. The molecule has 1 amide bonds. The number of fused-ring (bicyclic) bond motifs is 1. The molecule has 3 aromatic rings. The van der Waals surface area contributed by atoms with Gasteiger partial charge >= 0.3 is 0 Å². The maximum atomic E-state index is 12.4. The summed E-state index contributed by atoms with van der Waals surface area (Å²) in [6.07, 6.45) is 0. The number of hydrogen-bond donors (Lipinski definition) is 2. The van der Waals surface area contributed by atoms with Crippen molar-refractivity contribution in [2.75, 3.05) is 12.4 Å². The Balaban J connectivity index is 1.99. The molecular formula is C16H13N3O3. The molecule has 0 aliphatic carbocycles. The van der Waals surface area contributed by atoms with E-state index in [-0.39, 0.29) is 11.3 Å². The summed E-state index contributed by atoms with van der Waals surface area (Å²) in [5.41, 5.74) is 0.424. The minimum Gasteiger partial charge on any atom is -0.497 e. The Labute approximate surface area is 125 Å². The van der Waals surface area contributed by atoms with Gasteiger partial charge in [-0.05, 0) is 18.2 Å². The average molecular weight is 295 g/mol. The van der Waals surface area contributed by atoms with Crippen molar-refractivity contribution in [3.63, 3.8) is 0 Å². The number of aromatic nitrogens is 2. The molecule has 6 heteroatoms. The molecule has 0 radical (unpaired) electrons. The molecule has 0 fully saturated rings. The molecule has 0 aliphatic heterocycles. The second kappa shape index (κ2) is 5.69. The van der Waals surface area contributed by atoms with E-state index >= 15 is 0 Å². The first-order valence-corrected chi connectivity index (χ1v) is 6.62. The first kappa shape index (κ1) is 13.8. The normalized spacial score (nSPS) is 10.4. The standard InChI is InChI=1S/C16H13N3O3/c1-22-11-6-4-5-10(9-11)17-16(21)14-12-7-2-3-8-13(12)15(20)19-18-14/h2-9H,1H3,(H,17,21)(H,19,20). The maximum Gasteiger partial charge on any atom is 0.276 e. The summed E-state index contributed by atoms with van der Waals surface area (Å²) in [5, 5.41) is 9.88. The van der Waals surface area contributed by atoms with Gasteiger partial charge in [0.1, 0.15) is 5.75 Å². The minimum absolute atomic E-state index is 0.165. The van der Waals surface area contributed by atoms with Gasteiger partial charge in [0.15, 0.2) is 5.69 Å². The number of ether oxygens (including phenoxy) is 1. The Morgan fingerprint density at radius 3 is 2.68 bits per heavy atom. The number of benzene rings is 2. The maximum absolute atomic E-state index is 12.4. The molecular weight excluding hydrogens is 282 g/mol. The van der Waals surface area contributed by atoms with Crippen molar-refractivity contribution < 1.29 is 9.53 Å². The average Bonchev–Trinajstić information content (AvgIpc) is 2.55. The summed E-state index contributed by atoms with van der Waals surface area (Å²) in [6.45, 7) is 0. The third-order valence-electron chi connectivity index (χ3n) is 3.24. The molecule has 0 bridgehead atoms. The second-order valence-electron chi connectivity index (χ2n) is 4.63. The monoisotopic (exact) mass is 295 g/mol. The number of carbonyl (C=O) groups excluding carboxylic acids is 1. The highest BCUT2D eigenvalue weighted by atomic mass is 16.5. The Hall–Kier alpha value is -3.15. The first-order chi connectivity index (χ1) is 10.7. The number of H-pyrrole nitrogens is 1. The number of anilines is 1. The van der Waals surface area contributed by atoms with Gasteiger partial charge in [0.25, 0.3) is 11.5 Å². The zero-order valence-corrected chi connectivity index (χ0v) is 11.8. The van der Waals surface area contributed by atoms with E-state index in [4.69, 9.17) is 4.74 Å². The number of nitrogens with zero attached hydrogens (tertiary/aromatic N) is 1. The topological polar surface area (TPSA) is 84.1 Å². The minimum atomic E-state index is -0.402. The largest absolute Gasteiger partial charge is 0.497 e. The lowest BCUT2D eigenvalue weighted by Crippen LogP contribution is -2.19. The van der Waals surface area contributed by atoms with Crippen LogP contribution in [0.2, 0.25) is 0 Å². The summed E-state index contributed by atoms with van der Waals surface area (Å²) >= 11 is 0. The van der Waals surface area contributed by atoms with Crippen LogP contribution in [0, 0.1) is 0 Å². The Morgan fingerprint density at radius 2 is 1.91 bits per heavy atom. The quantitative estimate of drug-likeness (QED) is 0.775. The van der Waals surface area contributed by atoms with Gasteiger partial charge in [-0.15, -0.1) is 0 Å². The first-order valence-electron chi connectivity index (χ1n) is 6.62. The molecule has 1 heterocycles. The van der Waals surface area contributed by atoms with E-state index in [2.05, 4.69) is 15.5 Å². The fraction of sp³-hybridized carbons (Fsp3) is 0.0625. The summed E-state index contributed by atoms with van der Waals surface area (Å²) in [7, 11) is 1.55. The van der Waals surface area contributed by atoms with Crippen LogP contribution < -0.4 is 15.6 Å². The van der Waals surface area contributed by atoms with Crippen molar-refractivity contribution >= 4 is 22.4 Å². The molecule has 0 saturated heterocycles. The number of hydrogen-bond acceptors (Lipinski definition) is 4. The summed E-state index contributed by atoms with van der Waals surface area (Å²) in [5.74, 6) is 0.234. The van der Waals surface area contributed by atoms with Gasteiger partial charge in [-0.2, -0.15) is 5.10 Å². The number of carbonyl (C=O) groups is 1. The third kappa shape index (κ3) is 2.54. The van der Waals surface area contributed by atoms with Gasteiger partial charge in [-0.3, -0.25) is 9.59 Å². The number of amides is 1. The SMILES string of the molecule is COc1cccc(NC(=O)c2n[nH]c(=O)c3ccccc23)c1. The smallest absolute Gasteiger partial charge is 0.276 e. The summed E-state index contributed by atoms with van der Waals surface area (Å²) in [6, 6.07) is 13.8. The molecule has 1 aromatic heterocycles. The predicted molar refractivity (Wildman–Crippen MR) is 83.3 cm³/mol. The van der Waals surface area contributed by atoms with Gasteiger partial charge < -0.3 is 10.1 Å². The third-order valence-corrected chi connectivity index (χ3v) is 3.24. The van der Waals surface area contributed by atoms with Crippen LogP contribution in [0.15, 0.2) is 53.3 Å². The highest BCUT2D eigenvalue weighted by Gasteiger charge is 2.14. The van der Waals surface area contributed by atoms with Gasteiger partial charge in [-0.25, -0.2) is 5.10 Å². The Kier molecular flexibility index (Phi) is 3.57. The van der Waals surface area contributed by atoms with Crippen LogP contribution in [-0.4, -0.2) is 23.2 Å².